The molecule has 6 heteroatoms. The van der Waals surface area contributed by atoms with E-state index in [1.807, 2.05) is 48.7 Å². The molecule has 1 N–H and O–H groups in total. The minimum atomic E-state index is 0.0857. The fourth-order valence-electron chi connectivity index (χ4n) is 3.41. The maximum absolute atomic E-state index is 12.1. The predicted octanol–water partition coefficient (Wildman–Crippen LogP) is 3.87. The minimum absolute atomic E-state index is 0.0857. The molecule has 0 saturated heterocycles. The third-order valence-corrected chi connectivity index (χ3v) is 5.00. The lowest BCUT2D eigenvalue weighted by atomic mass is 10.1. The number of methoxy groups -OCH3 is 1. The number of benzene rings is 1. The van der Waals surface area contributed by atoms with Crippen LogP contribution < -0.4 is 10.1 Å². The largest absolute Gasteiger partial charge is 0.496 e. The summed E-state index contributed by atoms with van der Waals surface area (Å²) >= 11 is 0. The van der Waals surface area contributed by atoms with Gasteiger partial charge in [0.2, 0.25) is 5.91 Å². The van der Waals surface area contributed by atoms with E-state index in [2.05, 4.69) is 12.2 Å². The Kier molecular flexibility index (Phi) is 6.29. The van der Waals surface area contributed by atoms with Crippen LogP contribution in [0.5, 0.6) is 5.75 Å². The van der Waals surface area contributed by atoms with E-state index >= 15 is 0 Å². The van der Waals surface area contributed by atoms with Crippen LogP contribution in [0.3, 0.4) is 0 Å². The summed E-state index contributed by atoms with van der Waals surface area (Å²) < 4.78 is 7.32. The van der Waals surface area contributed by atoms with Gasteiger partial charge in [0, 0.05) is 36.0 Å². The number of aromatic nitrogens is 3. The second-order valence-corrected chi connectivity index (χ2v) is 6.96. The molecule has 3 aromatic rings. The average Bonchev–Trinajstić information content (AvgIpc) is 3.12. The SMILES string of the molecule is CCCCNC(=O)CCc1c(C)nc2cc(-c3ccccc3OC)nn2c1C. The van der Waals surface area contributed by atoms with E-state index in [1.54, 1.807) is 7.11 Å². The van der Waals surface area contributed by atoms with Crippen molar-refractivity contribution in [2.24, 2.45) is 0 Å². The number of aryl methyl sites for hydroxylation is 2. The number of para-hydroxylation sites is 1. The standard InChI is InChI=1S/C22H28N4O2/c1-5-6-13-23-22(27)12-11-17-15(2)24-21-14-19(25-26(21)16(17)3)18-9-7-8-10-20(18)28-4/h7-10,14H,5-6,11-13H2,1-4H3,(H,23,27). The van der Waals surface area contributed by atoms with Gasteiger partial charge in [0.1, 0.15) is 5.75 Å². The second-order valence-electron chi connectivity index (χ2n) is 6.96. The first-order valence-electron chi connectivity index (χ1n) is 9.81. The molecule has 28 heavy (non-hydrogen) atoms. The van der Waals surface area contributed by atoms with Crippen molar-refractivity contribution in [3.8, 4) is 17.0 Å². The zero-order valence-corrected chi connectivity index (χ0v) is 17.1. The van der Waals surface area contributed by atoms with E-state index in [0.29, 0.717) is 12.8 Å². The summed E-state index contributed by atoms with van der Waals surface area (Å²) in [7, 11) is 1.66. The highest BCUT2D eigenvalue weighted by Crippen LogP contribution is 2.29. The molecule has 0 spiro atoms. The Labute approximate surface area is 165 Å². The number of amides is 1. The first-order chi connectivity index (χ1) is 13.5. The Morgan fingerprint density at radius 1 is 1.25 bits per heavy atom. The molecule has 1 amide bonds. The number of nitrogens with one attached hydrogen (secondary N) is 1. The highest BCUT2D eigenvalue weighted by Gasteiger charge is 2.15. The molecule has 3 rings (SSSR count). The Morgan fingerprint density at radius 3 is 2.79 bits per heavy atom. The zero-order valence-electron chi connectivity index (χ0n) is 17.1. The van der Waals surface area contributed by atoms with Gasteiger partial charge < -0.3 is 10.1 Å². The summed E-state index contributed by atoms with van der Waals surface area (Å²) in [6, 6.07) is 9.79. The van der Waals surface area contributed by atoms with Gasteiger partial charge in [-0.15, -0.1) is 0 Å². The summed E-state index contributed by atoms with van der Waals surface area (Å²) in [4.78, 5) is 16.8. The van der Waals surface area contributed by atoms with Crippen LogP contribution >= 0.6 is 0 Å². The van der Waals surface area contributed by atoms with Crippen LogP contribution in [-0.4, -0.2) is 34.2 Å². The molecule has 0 radical (unpaired) electrons. The van der Waals surface area contributed by atoms with Gasteiger partial charge in [-0.2, -0.15) is 5.10 Å². The van der Waals surface area contributed by atoms with Crippen LogP contribution in [0.15, 0.2) is 30.3 Å². The highest BCUT2D eigenvalue weighted by atomic mass is 16.5. The summed E-state index contributed by atoms with van der Waals surface area (Å²) in [5.74, 6) is 0.867. The smallest absolute Gasteiger partial charge is 0.220 e. The van der Waals surface area contributed by atoms with E-state index in [-0.39, 0.29) is 5.91 Å². The van der Waals surface area contributed by atoms with Crippen molar-refractivity contribution in [3.63, 3.8) is 0 Å². The van der Waals surface area contributed by atoms with E-state index in [9.17, 15) is 4.79 Å². The molecule has 6 nitrogen and oxygen atoms in total. The van der Waals surface area contributed by atoms with Crippen LogP contribution in [0.25, 0.3) is 16.9 Å². The van der Waals surface area contributed by atoms with Gasteiger partial charge >= 0.3 is 0 Å². The zero-order chi connectivity index (χ0) is 20.1. The molecule has 0 unspecified atom stereocenters. The number of fused-ring (bicyclic) bond motifs is 1. The number of unbranched alkanes of at least 4 members (excludes halogenated alkanes) is 1. The van der Waals surface area contributed by atoms with Gasteiger partial charge in [-0.25, -0.2) is 9.50 Å². The molecule has 0 aliphatic heterocycles. The molecule has 0 aliphatic rings. The van der Waals surface area contributed by atoms with Crippen molar-refractivity contribution >= 4 is 11.6 Å². The number of carbonyl (C=O) groups is 1. The van der Waals surface area contributed by atoms with Crippen molar-refractivity contribution in [1.82, 2.24) is 19.9 Å². The third kappa shape index (κ3) is 4.16. The lowest BCUT2D eigenvalue weighted by Gasteiger charge is -2.11. The van der Waals surface area contributed by atoms with Gasteiger partial charge in [0.05, 0.1) is 12.8 Å². The lowest BCUT2D eigenvalue weighted by molar-refractivity contribution is -0.121. The maximum atomic E-state index is 12.1. The van der Waals surface area contributed by atoms with E-state index in [4.69, 9.17) is 14.8 Å². The molecular formula is C22H28N4O2. The summed E-state index contributed by atoms with van der Waals surface area (Å²) in [5, 5.41) is 7.73. The summed E-state index contributed by atoms with van der Waals surface area (Å²) in [6.45, 7) is 6.88. The lowest BCUT2D eigenvalue weighted by Crippen LogP contribution is -2.24. The third-order valence-electron chi connectivity index (χ3n) is 5.00. The highest BCUT2D eigenvalue weighted by molar-refractivity contribution is 5.76. The molecule has 2 aromatic heterocycles. The second kappa shape index (κ2) is 8.87. The van der Waals surface area contributed by atoms with Crippen LogP contribution in [0.2, 0.25) is 0 Å². The van der Waals surface area contributed by atoms with E-state index in [1.165, 1.54) is 0 Å². The predicted molar refractivity (Wildman–Crippen MR) is 111 cm³/mol. The molecule has 1 aromatic carbocycles. The van der Waals surface area contributed by atoms with Gasteiger partial charge in [-0.3, -0.25) is 4.79 Å². The number of hydrogen-bond acceptors (Lipinski definition) is 4. The summed E-state index contributed by atoms with van der Waals surface area (Å²) in [6.07, 6.45) is 3.20. The topological polar surface area (TPSA) is 68.5 Å². The number of nitrogens with zero attached hydrogens (tertiary/aromatic N) is 3. The fourth-order valence-corrected chi connectivity index (χ4v) is 3.41. The molecular weight excluding hydrogens is 352 g/mol. The van der Waals surface area contributed by atoms with Crippen LogP contribution in [-0.2, 0) is 11.2 Å². The van der Waals surface area contributed by atoms with Gasteiger partial charge in [0.25, 0.3) is 0 Å². The molecule has 148 valence electrons. The number of ether oxygens (including phenoxy) is 1. The van der Waals surface area contributed by atoms with Gasteiger partial charge in [0.15, 0.2) is 5.65 Å². The van der Waals surface area contributed by atoms with E-state index in [0.717, 1.165) is 59.0 Å². The van der Waals surface area contributed by atoms with Gasteiger partial charge in [-0.05, 0) is 44.4 Å². The molecule has 0 bridgehead atoms. The average molecular weight is 380 g/mol. The Balaban J connectivity index is 1.87. The molecule has 0 atom stereocenters. The van der Waals surface area contributed by atoms with Gasteiger partial charge in [-0.1, -0.05) is 25.5 Å². The fraction of sp³-hybridized carbons (Fsp3) is 0.409. The van der Waals surface area contributed by atoms with Crippen molar-refractivity contribution in [1.29, 1.82) is 0 Å². The monoisotopic (exact) mass is 380 g/mol. The van der Waals surface area contributed by atoms with Crippen molar-refractivity contribution < 1.29 is 9.53 Å². The van der Waals surface area contributed by atoms with Crippen LogP contribution in [0, 0.1) is 13.8 Å². The number of hydrogen-bond donors (Lipinski definition) is 1. The number of rotatable bonds is 8. The maximum Gasteiger partial charge on any atom is 0.220 e. The van der Waals surface area contributed by atoms with Crippen LogP contribution in [0.4, 0.5) is 0 Å². The molecule has 0 saturated carbocycles. The Morgan fingerprint density at radius 2 is 2.04 bits per heavy atom. The molecule has 2 heterocycles. The minimum Gasteiger partial charge on any atom is -0.496 e. The first kappa shape index (κ1) is 19.9. The van der Waals surface area contributed by atoms with Crippen molar-refractivity contribution in [2.45, 2.75) is 46.5 Å². The molecule has 0 fully saturated rings. The Bertz CT molecular complexity index is 978. The number of carbonyl (C=O) groups excluding carboxylic acids is 1. The van der Waals surface area contributed by atoms with E-state index < -0.39 is 0 Å². The molecule has 0 aliphatic carbocycles. The van der Waals surface area contributed by atoms with Crippen molar-refractivity contribution in [3.05, 3.63) is 47.3 Å². The van der Waals surface area contributed by atoms with Crippen LogP contribution in [0.1, 0.15) is 43.1 Å². The normalized spacial score (nSPS) is 11.0. The Hall–Kier alpha value is -2.89. The summed E-state index contributed by atoms with van der Waals surface area (Å²) in [5.41, 5.74) is 5.59. The van der Waals surface area contributed by atoms with Crippen molar-refractivity contribution in [2.75, 3.05) is 13.7 Å². The quantitative estimate of drug-likeness (QED) is 0.602. The first-order valence-corrected chi connectivity index (χ1v) is 9.81.